The number of esters is 1. The molecular weight excluding hydrogens is 194 g/mol. The van der Waals surface area contributed by atoms with E-state index in [1.807, 2.05) is 0 Å². The summed E-state index contributed by atoms with van der Waals surface area (Å²) in [5, 5.41) is 9.41. The summed E-state index contributed by atoms with van der Waals surface area (Å²) in [6, 6.07) is 3.23. The summed E-state index contributed by atoms with van der Waals surface area (Å²) in [6.45, 7) is 3.87. The number of aromatic nitrogens is 1. The van der Waals surface area contributed by atoms with Crippen LogP contribution in [0, 0.1) is 6.92 Å². The first kappa shape index (κ1) is 11.2. The second-order valence-electron chi connectivity index (χ2n) is 2.94. The molecule has 0 bridgehead atoms. The van der Waals surface area contributed by atoms with Crippen molar-refractivity contribution in [1.82, 2.24) is 4.98 Å². The van der Waals surface area contributed by atoms with Gasteiger partial charge in [-0.1, -0.05) is 0 Å². The predicted molar refractivity (Wildman–Crippen MR) is 56.3 cm³/mol. The van der Waals surface area contributed by atoms with Crippen molar-refractivity contribution < 1.29 is 14.6 Å². The number of pyridine rings is 1. The van der Waals surface area contributed by atoms with Gasteiger partial charge < -0.3 is 9.84 Å². The van der Waals surface area contributed by atoms with E-state index in [4.69, 9.17) is 4.74 Å². The lowest BCUT2D eigenvalue weighted by Gasteiger charge is -1.99. The van der Waals surface area contributed by atoms with Crippen molar-refractivity contribution in [2.75, 3.05) is 6.61 Å². The number of carbonyl (C=O) groups is 1. The van der Waals surface area contributed by atoms with E-state index in [1.165, 1.54) is 18.2 Å². The topological polar surface area (TPSA) is 59.4 Å². The van der Waals surface area contributed by atoms with E-state index in [1.54, 1.807) is 19.9 Å². The standard InChI is InChI=1S/C11H13NO3/c1-3-15-11(14)7-5-9-10(13)6-4-8(2)12-9/h4-7,13H,3H2,1-2H3. The molecule has 0 fully saturated rings. The van der Waals surface area contributed by atoms with E-state index in [0.717, 1.165) is 5.69 Å². The fourth-order valence-corrected chi connectivity index (χ4v) is 1.03. The Kier molecular flexibility index (Phi) is 3.85. The van der Waals surface area contributed by atoms with Crippen LogP contribution in [0.4, 0.5) is 0 Å². The normalized spacial score (nSPS) is 10.5. The third-order valence-corrected chi connectivity index (χ3v) is 1.71. The van der Waals surface area contributed by atoms with Gasteiger partial charge in [0.2, 0.25) is 0 Å². The molecule has 1 N–H and O–H groups in total. The maximum Gasteiger partial charge on any atom is 0.330 e. The van der Waals surface area contributed by atoms with Crippen LogP contribution in [0.2, 0.25) is 0 Å². The quantitative estimate of drug-likeness (QED) is 0.605. The number of aromatic hydroxyl groups is 1. The van der Waals surface area contributed by atoms with Gasteiger partial charge in [0.15, 0.2) is 0 Å². The molecule has 0 saturated carbocycles. The summed E-state index contributed by atoms with van der Waals surface area (Å²) in [4.78, 5) is 15.1. The second kappa shape index (κ2) is 5.14. The average molecular weight is 207 g/mol. The molecule has 1 heterocycles. The van der Waals surface area contributed by atoms with Crippen molar-refractivity contribution in [3.05, 3.63) is 29.6 Å². The highest BCUT2D eigenvalue weighted by Crippen LogP contribution is 2.15. The van der Waals surface area contributed by atoms with Crippen LogP contribution in [0.1, 0.15) is 18.3 Å². The monoisotopic (exact) mass is 207 g/mol. The van der Waals surface area contributed by atoms with Gasteiger partial charge in [0.1, 0.15) is 11.4 Å². The molecule has 1 aromatic rings. The zero-order chi connectivity index (χ0) is 11.3. The Morgan fingerprint density at radius 3 is 3.00 bits per heavy atom. The number of ether oxygens (including phenoxy) is 1. The van der Waals surface area contributed by atoms with Crippen molar-refractivity contribution in [2.45, 2.75) is 13.8 Å². The Morgan fingerprint density at radius 1 is 1.60 bits per heavy atom. The maximum atomic E-state index is 11.0. The Morgan fingerprint density at radius 2 is 2.33 bits per heavy atom. The summed E-state index contributed by atoms with van der Waals surface area (Å²) in [5.41, 5.74) is 1.14. The van der Waals surface area contributed by atoms with Crippen LogP contribution < -0.4 is 0 Å². The highest BCUT2D eigenvalue weighted by Gasteiger charge is 2.00. The molecule has 0 aliphatic heterocycles. The van der Waals surface area contributed by atoms with Crippen LogP contribution in [-0.2, 0) is 9.53 Å². The Hall–Kier alpha value is -1.84. The van der Waals surface area contributed by atoms with Gasteiger partial charge >= 0.3 is 5.97 Å². The van der Waals surface area contributed by atoms with Crippen LogP contribution in [-0.4, -0.2) is 22.7 Å². The molecule has 0 atom stereocenters. The van der Waals surface area contributed by atoms with Crippen LogP contribution >= 0.6 is 0 Å². The van der Waals surface area contributed by atoms with E-state index < -0.39 is 5.97 Å². The molecule has 0 aromatic carbocycles. The van der Waals surface area contributed by atoms with Gasteiger partial charge in [-0.05, 0) is 32.1 Å². The van der Waals surface area contributed by atoms with Gasteiger partial charge in [0.05, 0.1) is 6.61 Å². The molecule has 0 unspecified atom stereocenters. The van der Waals surface area contributed by atoms with Crippen molar-refractivity contribution in [3.8, 4) is 5.75 Å². The molecule has 0 aliphatic carbocycles. The summed E-state index contributed by atoms with van der Waals surface area (Å²) in [7, 11) is 0. The Balaban J connectivity index is 2.79. The molecule has 4 heteroatoms. The second-order valence-corrected chi connectivity index (χ2v) is 2.94. The van der Waals surface area contributed by atoms with E-state index in [2.05, 4.69) is 4.98 Å². The molecule has 0 radical (unpaired) electrons. The van der Waals surface area contributed by atoms with Crippen LogP contribution in [0.5, 0.6) is 5.75 Å². The number of carbonyl (C=O) groups excluding carboxylic acids is 1. The molecule has 1 aromatic heterocycles. The minimum absolute atomic E-state index is 0.0427. The fraction of sp³-hybridized carbons (Fsp3) is 0.273. The number of hydrogen-bond donors (Lipinski definition) is 1. The molecule has 1 rings (SSSR count). The van der Waals surface area contributed by atoms with Gasteiger partial charge in [0.25, 0.3) is 0 Å². The first-order chi connectivity index (χ1) is 7.13. The number of nitrogens with zero attached hydrogens (tertiary/aromatic N) is 1. The summed E-state index contributed by atoms with van der Waals surface area (Å²) < 4.78 is 4.70. The summed E-state index contributed by atoms with van der Waals surface area (Å²) in [5.74, 6) is -0.402. The zero-order valence-electron chi connectivity index (χ0n) is 8.73. The largest absolute Gasteiger partial charge is 0.506 e. The van der Waals surface area contributed by atoms with Crippen LogP contribution in [0.15, 0.2) is 18.2 Å². The molecular formula is C11H13NO3. The maximum absolute atomic E-state index is 11.0. The first-order valence-electron chi connectivity index (χ1n) is 4.65. The molecule has 80 valence electrons. The average Bonchev–Trinajstić information content (AvgIpc) is 2.20. The molecule has 4 nitrogen and oxygen atoms in total. The molecule has 0 spiro atoms. The zero-order valence-corrected chi connectivity index (χ0v) is 8.73. The lowest BCUT2D eigenvalue weighted by Crippen LogP contribution is -1.99. The van der Waals surface area contributed by atoms with Gasteiger partial charge in [-0.3, -0.25) is 0 Å². The van der Waals surface area contributed by atoms with Gasteiger partial charge in [-0.15, -0.1) is 0 Å². The van der Waals surface area contributed by atoms with Gasteiger partial charge in [-0.25, -0.2) is 9.78 Å². The van der Waals surface area contributed by atoms with Gasteiger partial charge in [0, 0.05) is 11.8 Å². The van der Waals surface area contributed by atoms with Crippen molar-refractivity contribution in [2.24, 2.45) is 0 Å². The summed E-state index contributed by atoms with van der Waals surface area (Å²) >= 11 is 0. The molecule has 15 heavy (non-hydrogen) atoms. The van der Waals surface area contributed by atoms with E-state index in [9.17, 15) is 9.90 Å². The fourth-order valence-electron chi connectivity index (χ4n) is 1.03. The first-order valence-corrected chi connectivity index (χ1v) is 4.65. The van der Waals surface area contributed by atoms with Gasteiger partial charge in [-0.2, -0.15) is 0 Å². The SMILES string of the molecule is CCOC(=O)C=Cc1nc(C)ccc1O. The number of rotatable bonds is 3. The lowest BCUT2D eigenvalue weighted by molar-refractivity contribution is -0.137. The smallest absolute Gasteiger partial charge is 0.330 e. The number of aryl methyl sites for hydroxylation is 1. The van der Waals surface area contributed by atoms with Crippen molar-refractivity contribution >= 4 is 12.0 Å². The summed E-state index contributed by atoms with van der Waals surface area (Å²) in [6.07, 6.45) is 2.67. The van der Waals surface area contributed by atoms with Crippen molar-refractivity contribution in [3.63, 3.8) is 0 Å². The highest BCUT2D eigenvalue weighted by molar-refractivity contribution is 5.87. The van der Waals surface area contributed by atoms with Crippen LogP contribution in [0.3, 0.4) is 0 Å². The van der Waals surface area contributed by atoms with E-state index in [0.29, 0.717) is 12.3 Å². The molecule has 0 aliphatic rings. The van der Waals surface area contributed by atoms with E-state index in [-0.39, 0.29) is 5.75 Å². The molecule has 0 saturated heterocycles. The lowest BCUT2D eigenvalue weighted by atomic mass is 10.2. The highest BCUT2D eigenvalue weighted by atomic mass is 16.5. The minimum Gasteiger partial charge on any atom is -0.506 e. The number of hydrogen-bond acceptors (Lipinski definition) is 4. The predicted octanol–water partition coefficient (Wildman–Crippen LogP) is 1.67. The minimum atomic E-state index is -0.444. The Labute approximate surface area is 88.2 Å². The van der Waals surface area contributed by atoms with Crippen molar-refractivity contribution in [1.29, 1.82) is 0 Å². The Bertz CT molecular complexity index is 385. The molecule has 0 amide bonds. The van der Waals surface area contributed by atoms with E-state index >= 15 is 0 Å². The third kappa shape index (κ3) is 3.42. The third-order valence-electron chi connectivity index (χ3n) is 1.71. The van der Waals surface area contributed by atoms with Crippen LogP contribution in [0.25, 0.3) is 6.08 Å².